The van der Waals surface area contributed by atoms with E-state index in [1.807, 2.05) is 20.8 Å². The zero-order chi connectivity index (χ0) is 27.7. The van der Waals surface area contributed by atoms with E-state index in [-0.39, 0.29) is 70.1 Å². The summed E-state index contributed by atoms with van der Waals surface area (Å²) in [6, 6.07) is 0. The lowest BCUT2D eigenvalue weighted by Gasteiger charge is -2.45. The molecule has 0 bridgehead atoms. The maximum Gasteiger partial charge on any atom is 0.308 e. The Kier molecular flexibility index (Phi) is 9.77. The number of esters is 2. The van der Waals surface area contributed by atoms with Crippen LogP contribution in [0.25, 0.3) is 0 Å². The highest BCUT2D eigenvalue weighted by Gasteiger charge is 2.48. The number of halogens is 1. The lowest BCUT2D eigenvalue weighted by atomic mass is 9.63. The number of ketones is 1. The minimum Gasteiger partial charge on any atom is -0.462 e. The Balaban J connectivity index is 1.75. The molecule has 0 aromatic carbocycles. The van der Waals surface area contributed by atoms with Crippen LogP contribution in [-0.4, -0.2) is 49.7 Å². The first kappa shape index (κ1) is 30.4. The first-order valence-corrected chi connectivity index (χ1v) is 17.5. The summed E-state index contributed by atoms with van der Waals surface area (Å²) in [4.78, 5) is 38.2. The average molecular weight is 555 g/mol. The third-order valence-corrected chi connectivity index (χ3v) is 14.3. The van der Waals surface area contributed by atoms with Gasteiger partial charge in [0.15, 0.2) is 14.1 Å². The van der Waals surface area contributed by atoms with E-state index in [0.717, 1.165) is 12.0 Å². The molecule has 1 saturated carbocycles. The molecule has 8 heteroatoms. The highest BCUT2D eigenvalue weighted by molar-refractivity contribution is 6.74. The Morgan fingerprint density at radius 1 is 1.22 bits per heavy atom. The standard InChI is InChI=1S/C29H47ClO6Si/c1-9-17(2)28(33)35-25-13-12-23(30)22-16-24(31)18(3)21(27(22)25)11-10-19-14-20(15-26(32)34-19)36-37(7,8)29(4,5)6/h16-21,23,25,27H,9-15H2,1-8H3/t17-,18+,19?,20+,21-,23-,25?,27+/m0/s1. The van der Waals surface area contributed by atoms with Crippen LogP contribution in [0.15, 0.2) is 11.6 Å². The summed E-state index contributed by atoms with van der Waals surface area (Å²) in [5.74, 6) is -0.807. The number of carbonyl (C=O) groups is 3. The fraction of sp³-hybridized carbons (Fsp3) is 0.828. The van der Waals surface area contributed by atoms with E-state index in [1.54, 1.807) is 6.08 Å². The van der Waals surface area contributed by atoms with Crippen LogP contribution in [0.1, 0.15) is 86.5 Å². The molecule has 1 heterocycles. The summed E-state index contributed by atoms with van der Waals surface area (Å²) in [6.45, 7) is 16.8. The Morgan fingerprint density at radius 3 is 2.51 bits per heavy atom. The van der Waals surface area contributed by atoms with Crippen LogP contribution in [-0.2, 0) is 28.3 Å². The molecule has 2 fully saturated rings. The molecule has 0 radical (unpaired) electrons. The van der Waals surface area contributed by atoms with Gasteiger partial charge in [0.25, 0.3) is 0 Å². The zero-order valence-corrected chi connectivity index (χ0v) is 25.7. The molecule has 8 atom stereocenters. The van der Waals surface area contributed by atoms with Gasteiger partial charge in [0.1, 0.15) is 12.2 Å². The minimum atomic E-state index is -2.02. The van der Waals surface area contributed by atoms with Crippen LogP contribution >= 0.6 is 11.6 Å². The quantitative estimate of drug-likeness (QED) is 0.191. The van der Waals surface area contributed by atoms with Crippen molar-refractivity contribution in [3.05, 3.63) is 11.6 Å². The molecule has 6 nitrogen and oxygen atoms in total. The van der Waals surface area contributed by atoms with Crippen molar-refractivity contribution in [1.82, 2.24) is 0 Å². The molecule has 2 aliphatic carbocycles. The maximum absolute atomic E-state index is 13.0. The molecule has 2 unspecified atom stereocenters. The number of ether oxygens (including phenoxy) is 2. The number of fused-ring (bicyclic) bond motifs is 1. The highest BCUT2D eigenvalue weighted by Crippen LogP contribution is 2.47. The fourth-order valence-corrected chi connectivity index (χ4v) is 7.39. The Morgan fingerprint density at radius 2 is 1.89 bits per heavy atom. The fourth-order valence-electron chi connectivity index (χ4n) is 5.68. The zero-order valence-electron chi connectivity index (χ0n) is 24.0. The first-order chi connectivity index (χ1) is 17.1. The van der Waals surface area contributed by atoms with Gasteiger partial charge in [-0.3, -0.25) is 14.4 Å². The van der Waals surface area contributed by atoms with Crippen molar-refractivity contribution in [1.29, 1.82) is 0 Å². The summed E-state index contributed by atoms with van der Waals surface area (Å²) >= 11 is 6.70. The van der Waals surface area contributed by atoms with Crippen molar-refractivity contribution >= 4 is 37.6 Å². The Labute approximate surface area is 229 Å². The maximum atomic E-state index is 13.0. The van der Waals surface area contributed by atoms with Crippen LogP contribution < -0.4 is 0 Å². The van der Waals surface area contributed by atoms with Gasteiger partial charge in [-0.25, -0.2) is 0 Å². The lowest BCUT2D eigenvalue weighted by Crippen LogP contribution is -2.48. The van der Waals surface area contributed by atoms with Crippen molar-refractivity contribution < 1.29 is 28.3 Å². The summed E-state index contributed by atoms with van der Waals surface area (Å²) in [5.41, 5.74) is 0.905. The van der Waals surface area contributed by atoms with E-state index in [0.29, 0.717) is 38.5 Å². The Hall–Kier alpha value is -1.18. The molecule has 3 aliphatic rings. The van der Waals surface area contributed by atoms with Crippen LogP contribution in [0.4, 0.5) is 0 Å². The van der Waals surface area contributed by atoms with Crippen molar-refractivity contribution in [3.8, 4) is 0 Å². The molecule has 1 aliphatic heterocycles. The molecular formula is C29H47ClO6Si. The van der Waals surface area contributed by atoms with Crippen LogP contribution in [0, 0.1) is 23.7 Å². The van der Waals surface area contributed by atoms with Gasteiger partial charge in [-0.15, -0.1) is 11.6 Å². The van der Waals surface area contributed by atoms with E-state index >= 15 is 0 Å². The van der Waals surface area contributed by atoms with Gasteiger partial charge in [0.2, 0.25) is 0 Å². The van der Waals surface area contributed by atoms with Crippen molar-refractivity contribution in [2.45, 2.75) is 128 Å². The number of carbonyl (C=O) groups excluding carboxylic acids is 3. The molecule has 0 aromatic heterocycles. The van der Waals surface area contributed by atoms with Gasteiger partial charge in [-0.05, 0) is 67.8 Å². The van der Waals surface area contributed by atoms with E-state index in [9.17, 15) is 14.4 Å². The molecule has 0 N–H and O–H groups in total. The van der Waals surface area contributed by atoms with Gasteiger partial charge in [-0.2, -0.15) is 0 Å². The van der Waals surface area contributed by atoms with Gasteiger partial charge in [0, 0.05) is 18.3 Å². The van der Waals surface area contributed by atoms with Crippen molar-refractivity contribution in [3.63, 3.8) is 0 Å². The summed E-state index contributed by atoms with van der Waals surface area (Å²) in [5, 5.41) is -0.164. The van der Waals surface area contributed by atoms with E-state index in [4.69, 9.17) is 25.5 Å². The second-order valence-electron chi connectivity index (χ2n) is 13.0. The molecule has 0 aromatic rings. The topological polar surface area (TPSA) is 78.9 Å². The second-order valence-corrected chi connectivity index (χ2v) is 18.3. The summed E-state index contributed by atoms with van der Waals surface area (Å²) < 4.78 is 18.4. The molecular weight excluding hydrogens is 508 g/mol. The summed E-state index contributed by atoms with van der Waals surface area (Å²) in [6.07, 6.45) is 5.44. The predicted molar refractivity (Wildman–Crippen MR) is 148 cm³/mol. The van der Waals surface area contributed by atoms with Crippen LogP contribution in [0.2, 0.25) is 18.1 Å². The number of cyclic esters (lactones) is 1. The molecule has 0 amide bonds. The van der Waals surface area contributed by atoms with E-state index in [2.05, 4.69) is 33.9 Å². The lowest BCUT2D eigenvalue weighted by molar-refractivity contribution is -0.162. The largest absolute Gasteiger partial charge is 0.462 e. The van der Waals surface area contributed by atoms with E-state index in [1.165, 1.54) is 0 Å². The molecule has 0 spiro atoms. The number of alkyl halides is 1. The van der Waals surface area contributed by atoms with Gasteiger partial charge in [-0.1, -0.05) is 41.5 Å². The van der Waals surface area contributed by atoms with Crippen molar-refractivity contribution in [2.24, 2.45) is 23.7 Å². The number of hydrogen-bond donors (Lipinski definition) is 0. The Bertz CT molecular complexity index is 893. The third-order valence-electron chi connectivity index (χ3n) is 9.30. The van der Waals surface area contributed by atoms with Crippen molar-refractivity contribution in [2.75, 3.05) is 0 Å². The number of rotatable bonds is 8. The highest BCUT2D eigenvalue weighted by atomic mass is 35.5. The number of hydrogen-bond acceptors (Lipinski definition) is 6. The van der Waals surface area contributed by atoms with Gasteiger partial charge >= 0.3 is 11.9 Å². The normalized spacial score (nSPS) is 33.8. The molecule has 3 rings (SSSR count). The molecule has 37 heavy (non-hydrogen) atoms. The monoisotopic (exact) mass is 554 g/mol. The average Bonchev–Trinajstić information content (AvgIpc) is 2.79. The number of allylic oxidation sites excluding steroid dienone is 1. The van der Waals surface area contributed by atoms with Gasteiger partial charge in [0.05, 0.1) is 23.8 Å². The smallest absolute Gasteiger partial charge is 0.308 e. The minimum absolute atomic E-state index is 0.0239. The van der Waals surface area contributed by atoms with Crippen LogP contribution in [0.5, 0.6) is 0 Å². The predicted octanol–water partition coefficient (Wildman–Crippen LogP) is 6.60. The first-order valence-electron chi connectivity index (χ1n) is 14.1. The van der Waals surface area contributed by atoms with E-state index < -0.39 is 8.32 Å². The molecule has 1 saturated heterocycles. The molecule has 210 valence electrons. The third kappa shape index (κ3) is 7.07. The SMILES string of the molecule is CC[C@H](C)C(=O)OC1CC[C@H](Cl)C2=CC(=O)[C@H](C)[C@H](CCC3C[C@@H](O[Si](C)(C)C(C)(C)C)CC(=O)O3)[C@H]21. The van der Waals surface area contributed by atoms with Crippen LogP contribution in [0.3, 0.4) is 0 Å². The second kappa shape index (κ2) is 11.9. The van der Waals surface area contributed by atoms with Gasteiger partial charge < -0.3 is 13.9 Å². The summed E-state index contributed by atoms with van der Waals surface area (Å²) in [7, 11) is -2.02.